The van der Waals surface area contributed by atoms with Gasteiger partial charge in [-0.2, -0.15) is 0 Å². The molecule has 0 aliphatic carbocycles. The van der Waals surface area contributed by atoms with E-state index in [0.29, 0.717) is 17.8 Å². The summed E-state index contributed by atoms with van der Waals surface area (Å²) in [4.78, 5) is 20.9. The number of unbranched alkanes of at least 4 members (excludes halogenated alkanes) is 7. The normalized spacial score (nSPS) is 14.2. The van der Waals surface area contributed by atoms with Crippen molar-refractivity contribution in [2.45, 2.75) is 95.8 Å². The molecule has 0 aliphatic rings. The van der Waals surface area contributed by atoms with Crippen LogP contribution in [0, 0.1) is 0 Å². The molecule has 2 unspecified atom stereocenters. The van der Waals surface area contributed by atoms with E-state index >= 15 is 0 Å². The molecule has 0 amide bonds. The van der Waals surface area contributed by atoms with E-state index in [0.717, 1.165) is 17.5 Å². The summed E-state index contributed by atoms with van der Waals surface area (Å²) in [5.74, 6) is -0.259. The Morgan fingerprint density at radius 1 is 0.968 bits per heavy atom. The molecule has 5 heteroatoms. The van der Waals surface area contributed by atoms with Crippen molar-refractivity contribution in [3.05, 3.63) is 47.8 Å². The highest BCUT2D eigenvalue weighted by molar-refractivity contribution is 6.23. The maximum Gasteiger partial charge on any atom is 0.315 e. The molecule has 170 valence electrons. The average molecular weight is 445 g/mol. The van der Waals surface area contributed by atoms with Crippen molar-refractivity contribution in [1.82, 2.24) is 9.97 Å². The average Bonchev–Trinajstić information content (AvgIpc) is 2.80. The van der Waals surface area contributed by atoms with Crippen molar-refractivity contribution in [1.29, 1.82) is 0 Å². The minimum Gasteiger partial charge on any atom is -0.481 e. The number of carbonyl (C=O) groups is 1. The number of alkyl halides is 1. The molecule has 2 rings (SSSR count). The second-order valence-electron chi connectivity index (χ2n) is 8.60. The van der Waals surface area contributed by atoms with E-state index in [1.165, 1.54) is 51.4 Å². The molecule has 2 aromatic rings. The summed E-state index contributed by atoms with van der Waals surface area (Å²) in [6.07, 6.45) is 15.9. The van der Waals surface area contributed by atoms with Crippen LogP contribution in [0.1, 0.15) is 89.7 Å². The Morgan fingerprint density at radius 2 is 1.52 bits per heavy atom. The molecule has 2 atom stereocenters. The van der Waals surface area contributed by atoms with Crippen LogP contribution in [0.15, 0.2) is 36.7 Å². The number of aryl methyl sites for hydroxylation is 1. The number of carboxylic acid groups (broad SMARTS) is 1. The Bertz CT molecular complexity index is 792. The molecule has 1 aromatic heterocycles. The fourth-order valence-corrected chi connectivity index (χ4v) is 4.13. The maximum absolute atomic E-state index is 11.9. The molecule has 4 nitrogen and oxygen atoms in total. The van der Waals surface area contributed by atoms with Gasteiger partial charge in [0.05, 0.1) is 5.38 Å². The van der Waals surface area contributed by atoms with Crippen LogP contribution in [0.25, 0.3) is 11.4 Å². The van der Waals surface area contributed by atoms with Crippen LogP contribution in [0.4, 0.5) is 0 Å². The molecular weight excluding hydrogens is 408 g/mol. The van der Waals surface area contributed by atoms with Gasteiger partial charge in [0.15, 0.2) is 5.82 Å². The van der Waals surface area contributed by atoms with Gasteiger partial charge in [-0.1, -0.05) is 83.1 Å². The first-order valence-electron chi connectivity index (χ1n) is 11.7. The minimum atomic E-state index is -1.13. The zero-order chi connectivity index (χ0) is 22.7. The molecule has 0 saturated carbocycles. The lowest BCUT2D eigenvalue weighted by Crippen LogP contribution is -2.41. The van der Waals surface area contributed by atoms with Gasteiger partial charge < -0.3 is 5.11 Å². The van der Waals surface area contributed by atoms with E-state index in [2.05, 4.69) is 16.9 Å². The van der Waals surface area contributed by atoms with Gasteiger partial charge in [0, 0.05) is 18.0 Å². The smallest absolute Gasteiger partial charge is 0.315 e. The van der Waals surface area contributed by atoms with Gasteiger partial charge in [0.25, 0.3) is 0 Å². The monoisotopic (exact) mass is 444 g/mol. The highest BCUT2D eigenvalue weighted by atomic mass is 35.5. The van der Waals surface area contributed by atoms with E-state index < -0.39 is 16.8 Å². The second kappa shape index (κ2) is 12.8. The van der Waals surface area contributed by atoms with Gasteiger partial charge in [-0.15, -0.1) is 11.6 Å². The number of aliphatic carboxylic acids is 1. The van der Waals surface area contributed by atoms with E-state index in [1.54, 1.807) is 6.92 Å². The lowest BCUT2D eigenvalue weighted by atomic mass is 9.78. The van der Waals surface area contributed by atoms with Gasteiger partial charge in [0.1, 0.15) is 5.41 Å². The van der Waals surface area contributed by atoms with Crippen LogP contribution in [0.2, 0.25) is 0 Å². The number of carboxylic acids is 1. The van der Waals surface area contributed by atoms with Crippen molar-refractivity contribution >= 4 is 17.6 Å². The third kappa shape index (κ3) is 7.03. The molecule has 0 bridgehead atoms. The number of halogens is 1. The summed E-state index contributed by atoms with van der Waals surface area (Å²) in [5.41, 5.74) is 1.60. The van der Waals surface area contributed by atoms with Crippen molar-refractivity contribution in [2.24, 2.45) is 0 Å². The van der Waals surface area contributed by atoms with Crippen LogP contribution in [0.5, 0.6) is 0 Å². The number of aromatic nitrogens is 2. The number of rotatable bonds is 14. The standard InChI is InChI=1S/C26H37ClN2O2/c1-4-6-7-8-9-10-11-12-13-20-18-28-24(29-19-20)21-14-16-22(17-15-21)26(3,25(30)31)23(27)5-2/h14-19,23H,4-13H2,1-3H3,(H,30,31). The molecule has 0 radical (unpaired) electrons. The summed E-state index contributed by atoms with van der Waals surface area (Å²) >= 11 is 6.36. The molecule has 0 aliphatic heterocycles. The Balaban J connectivity index is 1.91. The van der Waals surface area contributed by atoms with Gasteiger partial charge in [0.2, 0.25) is 0 Å². The number of hydrogen-bond acceptors (Lipinski definition) is 3. The number of hydrogen-bond donors (Lipinski definition) is 1. The van der Waals surface area contributed by atoms with Gasteiger partial charge >= 0.3 is 5.97 Å². The quantitative estimate of drug-likeness (QED) is 0.247. The zero-order valence-corrected chi connectivity index (χ0v) is 20.0. The maximum atomic E-state index is 11.9. The largest absolute Gasteiger partial charge is 0.481 e. The topological polar surface area (TPSA) is 63.1 Å². The van der Waals surface area contributed by atoms with Crippen LogP contribution in [-0.4, -0.2) is 26.4 Å². The Morgan fingerprint density at radius 3 is 2.03 bits per heavy atom. The fraction of sp³-hybridized carbons (Fsp3) is 0.577. The molecule has 0 fully saturated rings. The van der Waals surface area contributed by atoms with Gasteiger partial charge in [-0.05, 0) is 37.3 Å². The first-order chi connectivity index (χ1) is 14.9. The summed E-state index contributed by atoms with van der Waals surface area (Å²) in [7, 11) is 0. The minimum absolute atomic E-state index is 0.484. The number of benzene rings is 1. The van der Waals surface area contributed by atoms with Crippen molar-refractivity contribution in [3.63, 3.8) is 0 Å². The molecule has 1 N–H and O–H groups in total. The van der Waals surface area contributed by atoms with E-state index in [-0.39, 0.29) is 0 Å². The molecular formula is C26H37ClN2O2. The van der Waals surface area contributed by atoms with E-state index in [4.69, 9.17) is 11.6 Å². The predicted octanol–water partition coefficient (Wildman–Crippen LogP) is 7.19. The zero-order valence-electron chi connectivity index (χ0n) is 19.2. The molecule has 1 heterocycles. The summed E-state index contributed by atoms with van der Waals surface area (Å²) in [6, 6.07) is 7.41. The first-order valence-corrected chi connectivity index (χ1v) is 12.2. The predicted molar refractivity (Wildman–Crippen MR) is 129 cm³/mol. The van der Waals surface area contributed by atoms with Crippen molar-refractivity contribution < 1.29 is 9.90 Å². The van der Waals surface area contributed by atoms with Crippen LogP contribution in [-0.2, 0) is 16.6 Å². The van der Waals surface area contributed by atoms with Crippen LogP contribution < -0.4 is 0 Å². The van der Waals surface area contributed by atoms with E-state index in [9.17, 15) is 9.90 Å². The summed E-state index contributed by atoms with van der Waals surface area (Å²) in [6.45, 7) is 5.83. The van der Waals surface area contributed by atoms with Crippen LogP contribution in [0.3, 0.4) is 0 Å². The number of nitrogens with zero attached hydrogens (tertiary/aromatic N) is 2. The molecule has 0 spiro atoms. The lowest BCUT2D eigenvalue weighted by Gasteiger charge is -2.29. The Labute approximate surface area is 192 Å². The van der Waals surface area contributed by atoms with Gasteiger partial charge in [-0.25, -0.2) is 9.97 Å². The summed E-state index contributed by atoms with van der Waals surface area (Å²) < 4.78 is 0. The molecule has 1 aromatic carbocycles. The molecule has 31 heavy (non-hydrogen) atoms. The third-order valence-electron chi connectivity index (χ3n) is 6.20. The van der Waals surface area contributed by atoms with Gasteiger partial charge in [-0.3, -0.25) is 4.79 Å². The molecule has 0 saturated heterocycles. The third-order valence-corrected chi connectivity index (χ3v) is 6.94. The van der Waals surface area contributed by atoms with E-state index in [1.807, 2.05) is 43.6 Å². The summed E-state index contributed by atoms with van der Waals surface area (Å²) in [5, 5.41) is 9.26. The SMILES string of the molecule is CCCCCCCCCCc1cnc(-c2ccc(C(C)(C(=O)O)C(Cl)CC)cc2)nc1. The van der Waals surface area contributed by atoms with Crippen molar-refractivity contribution in [2.75, 3.05) is 0 Å². The lowest BCUT2D eigenvalue weighted by molar-refractivity contribution is -0.143. The Kier molecular flexibility index (Phi) is 10.5. The Hall–Kier alpha value is -1.94. The highest BCUT2D eigenvalue weighted by Crippen LogP contribution is 2.34. The fourth-order valence-electron chi connectivity index (χ4n) is 3.91. The highest BCUT2D eigenvalue weighted by Gasteiger charge is 2.41. The first kappa shape index (κ1) is 25.3. The second-order valence-corrected chi connectivity index (χ2v) is 9.13. The van der Waals surface area contributed by atoms with Crippen LogP contribution >= 0.6 is 11.6 Å². The van der Waals surface area contributed by atoms with Crippen molar-refractivity contribution in [3.8, 4) is 11.4 Å².